The van der Waals surface area contributed by atoms with E-state index < -0.39 is 0 Å². The van der Waals surface area contributed by atoms with E-state index in [1.807, 2.05) is 31.2 Å². The van der Waals surface area contributed by atoms with E-state index in [9.17, 15) is 4.79 Å². The van der Waals surface area contributed by atoms with Crippen molar-refractivity contribution in [2.75, 3.05) is 19.7 Å². The van der Waals surface area contributed by atoms with Gasteiger partial charge in [-0.3, -0.25) is 9.69 Å². The highest BCUT2D eigenvalue weighted by Gasteiger charge is 2.05. The van der Waals surface area contributed by atoms with Crippen molar-refractivity contribution in [3.8, 4) is 5.75 Å². The molecule has 0 aliphatic carbocycles. The van der Waals surface area contributed by atoms with Crippen molar-refractivity contribution in [2.45, 2.75) is 40.3 Å². The Labute approximate surface area is 157 Å². The van der Waals surface area contributed by atoms with Gasteiger partial charge >= 0.3 is 0 Å². The highest BCUT2D eigenvalue weighted by atomic mass is 16.5. The number of hydrogen-bond donors (Lipinski definition) is 1. The third kappa shape index (κ3) is 6.52. The first-order valence-electron chi connectivity index (χ1n) is 9.43. The van der Waals surface area contributed by atoms with Crippen LogP contribution in [0.15, 0.2) is 48.5 Å². The van der Waals surface area contributed by atoms with E-state index in [2.05, 4.69) is 48.3 Å². The highest BCUT2D eigenvalue weighted by molar-refractivity contribution is 5.78. The molecule has 0 radical (unpaired) electrons. The Hall–Kier alpha value is -2.33. The normalized spacial score (nSPS) is 10.8. The lowest BCUT2D eigenvalue weighted by atomic mass is 10.1. The lowest BCUT2D eigenvalue weighted by molar-refractivity contribution is -0.120. The molecule has 2 rings (SSSR count). The van der Waals surface area contributed by atoms with Crippen LogP contribution in [0.3, 0.4) is 0 Å². The Bertz CT molecular complexity index is 662. The molecular weight excluding hydrogens is 324 g/mol. The van der Waals surface area contributed by atoms with Crippen molar-refractivity contribution in [2.24, 2.45) is 0 Å². The van der Waals surface area contributed by atoms with E-state index in [0.29, 0.717) is 19.6 Å². The summed E-state index contributed by atoms with van der Waals surface area (Å²) >= 11 is 0. The molecule has 1 N–H and O–H groups in total. The molecule has 0 aromatic heterocycles. The SMILES string of the molecule is CCOc1ccc(CC(=O)NCc2ccc(CN(CC)CC)cc2)cc1. The molecule has 0 fully saturated rings. The van der Waals surface area contributed by atoms with Crippen molar-refractivity contribution >= 4 is 5.91 Å². The van der Waals surface area contributed by atoms with Gasteiger partial charge in [0.2, 0.25) is 5.91 Å². The summed E-state index contributed by atoms with van der Waals surface area (Å²) in [5.74, 6) is 0.864. The molecule has 26 heavy (non-hydrogen) atoms. The van der Waals surface area contributed by atoms with Crippen molar-refractivity contribution in [3.63, 3.8) is 0 Å². The minimum Gasteiger partial charge on any atom is -0.494 e. The van der Waals surface area contributed by atoms with Gasteiger partial charge in [0.25, 0.3) is 0 Å². The molecule has 0 saturated heterocycles. The Balaban J connectivity index is 1.79. The van der Waals surface area contributed by atoms with Gasteiger partial charge in [-0.1, -0.05) is 50.2 Å². The smallest absolute Gasteiger partial charge is 0.224 e. The fraction of sp³-hybridized carbons (Fsp3) is 0.409. The highest BCUT2D eigenvalue weighted by Crippen LogP contribution is 2.12. The monoisotopic (exact) mass is 354 g/mol. The molecule has 0 atom stereocenters. The Morgan fingerprint density at radius 3 is 2.04 bits per heavy atom. The fourth-order valence-electron chi connectivity index (χ4n) is 2.79. The Kier molecular flexibility index (Phi) is 8.16. The maximum atomic E-state index is 12.1. The Morgan fingerprint density at radius 1 is 0.885 bits per heavy atom. The zero-order valence-electron chi connectivity index (χ0n) is 16.1. The van der Waals surface area contributed by atoms with Gasteiger partial charge in [0.15, 0.2) is 0 Å². The fourth-order valence-corrected chi connectivity index (χ4v) is 2.79. The minimum absolute atomic E-state index is 0.0291. The topological polar surface area (TPSA) is 41.6 Å². The average molecular weight is 354 g/mol. The second-order valence-corrected chi connectivity index (χ2v) is 6.31. The second kappa shape index (κ2) is 10.6. The van der Waals surface area contributed by atoms with Crippen molar-refractivity contribution in [3.05, 3.63) is 65.2 Å². The maximum absolute atomic E-state index is 12.1. The van der Waals surface area contributed by atoms with Gasteiger partial charge in [0, 0.05) is 13.1 Å². The number of nitrogens with one attached hydrogen (secondary N) is 1. The largest absolute Gasteiger partial charge is 0.494 e. The van der Waals surface area contributed by atoms with Gasteiger partial charge < -0.3 is 10.1 Å². The number of carbonyl (C=O) groups excluding carboxylic acids is 1. The van der Waals surface area contributed by atoms with Gasteiger partial charge in [-0.05, 0) is 48.8 Å². The van der Waals surface area contributed by atoms with Crippen LogP contribution in [0.5, 0.6) is 5.75 Å². The average Bonchev–Trinajstić information content (AvgIpc) is 2.67. The summed E-state index contributed by atoms with van der Waals surface area (Å²) < 4.78 is 5.42. The molecule has 4 nitrogen and oxygen atoms in total. The van der Waals surface area contributed by atoms with Crippen molar-refractivity contribution in [1.82, 2.24) is 10.2 Å². The molecule has 0 bridgehead atoms. The molecule has 4 heteroatoms. The van der Waals surface area contributed by atoms with Crippen LogP contribution in [-0.2, 0) is 24.3 Å². The molecule has 0 spiro atoms. The third-order valence-corrected chi connectivity index (χ3v) is 4.41. The first kappa shape index (κ1) is 20.0. The van der Waals surface area contributed by atoms with Crippen LogP contribution in [0.2, 0.25) is 0 Å². The summed E-state index contributed by atoms with van der Waals surface area (Å²) in [7, 11) is 0. The number of benzene rings is 2. The molecule has 140 valence electrons. The summed E-state index contributed by atoms with van der Waals surface area (Å²) in [4.78, 5) is 14.5. The van der Waals surface area contributed by atoms with Crippen LogP contribution in [0.25, 0.3) is 0 Å². The van der Waals surface area contributed by atoms with Crippen LogP contribution >= 0.6 is 0 Å². The van der Waals surface area contributed by atoms with Crippen LogP contribution in [-0.4, -0.2) is 30.5 Å². The standard InChI is InChI=1S/C22H30N2O2/c1-4-24(5-2)17-20-9-7-19(8-10-20)16-23-22(25)15-18-11-13-21(14-12-18)26-6-3/h7-14H,4-6,15-17H2,1-3H3,(H,23,25). The number of ether oxygens (including phenoxy) is 1. The zero-order chi connectivity index (χ0) is 18.8. The number of amides is 1. The van der Waals surface area contributed by atoms with Crippen LogP contribution in [0, 0.1) is 0 Å². The molecule has 0 unspecified atom stereocenters. The van der Waals surface area contributed by atoms with Crippen LogP contribution in [0.4, 0.5) is 0 Å². The molecule has 2 aromatic carbocycles. The maximum Gasteiger partial charge on any atom is 0.224 e. The van der Waals surface area contributed by atoms with Crippen LogP contribution in [0.1, 0.15) is 37.5 Å². The first-order valence-corrected chi connectivity index (χ1v) is 9.43. The Morgan fingerprint density at radius 2 is 1.46 bits per heavy atom. The molecule has 1 amide bonds. The third-order valence-electron chi connectivity index (χ3n) is 4.41. The minimum atomic E-state index is 0.0291. The van der Waals surface area contributed by atoms with Crippen molar-refractivity contribution in [1.29, 1.82) is 0 Å². The van der Waals surface area contributed by atoms with E-state index >= 15 is 0 Å². The molecule has 0 aliphatic heterocycles. The molecule has 0 heterocycles. The number of rotatable bonds is 10. The molecular formula is C22H30N2O2. The summed E-state index contributed by atoms with van der Waals surface area (Å²) in [5.41, 5.74) is 3.41. The summed E-state index contributed by atoms with van der Waals surface area (Å²) in [6.45, 7) is 10.6. The number of hydrogen-bond acceptors (Lipinski definition) is 3. The quantitative estimate of drug-likeness (QED) is 0.706. The van der Waals surface area contributed by atoms with Gasteiger partial charge in [-0.15, -0.1) is 0 Å². The van der Waals surface area contributed by atoms with Gasteiger partial charge in [0.1, 0.15) is 5.75 Å². The van der Waals surface area contributed by atoms with E-state index in [1.165, 1.54) is 5.56 Å². The van der Waals surface area contributed by atoms with Crippen molar-refractivity contribution < 1.29 is 9.53 Å². The molecule has 2 aromatic rings. The summed E-state index contributed by atoms with van der Waals surface area (Å²) in [6, 6.07) is 16.2. The van der Waals surface area contributed by atoms with Gasteiger partial charge in [-0.2, -0.15) is 0 Å². The lowest BCUT2D eigenvalue weighted by Crippen LogP contribution is -2.24. The van der Waals surface area contributed by atoms with E-state index in [0.717, 1.165) is 36.5 Å². The second-order valence-electron chi connectivity index (χ2n) is 6.31. The molecule has 0 saturated carbocycles. The number of nitrogens with zero attached hydrogens (tertiary/aromatic N) is 1. The van der Waals surface area contributed by atoms with E-state index in [-0.39, 0.29) is 5.91 Å². The lowest BCUT2D eigenvalue weighted by Gasteiger charge is -2.18. The molecule has 0 aliphatic rings. The summed E-state index contributed by atoms with van der Waals surface area (Å²) in [5, 5.41) is 2.99. The predicted molar refractivity (Wildman–Crippen MR) is 106 cm³/mol. The zero-order valence-corrected chi connectivity index (χ0v) is 16.1. The van der Waals surface area contributed by atoms with Crippen LogP contribution < -0.4 is 10.1 Å². The van der Waals surface area contributed by atoms with Gasteiger partial charge in [-0.25, -0.2) is 0 Å². The van der Waals surface area contributed by atoms with Gasteiger partial charge in [0.05, 0.1) is 13.0 Å². The van der Waals surface area contributed by atoms with E-state index in [4.69, 9.17) is 4.74 Å². The number of carbonyl (C=O) groups is 1. The first-order chi connectivity index (χ1) is 12.6. The predicted octanol–water partition coefficient (Wildman–Crippen LogP) is 3.79. The summed E-state index contributed by atoms with van der Waals surface area (Å²) in [6.07, 6.45) is 0.381. The van der Waals surface area contributed by atoms with E-state index in [1.54, 1.807) is 0 Å².